The molecule has 0 amide bonds. The van der Waals surface area contributed by atoms with Crippen molar-refractivity contribution < 1.29 is 36.6 Å². The van der Waals surface area contributed by atoms with Crippen molar-refractivity contribution in [1.82, 2.24) is 0 Å². The third-order valence-electron chi connectivity index (χ3n) is 3.36. The molecule has 0 heterocycles. The minimum atomic E-state index is -5.96. The van der Waals surface area contributed by atoms with E-state index in [1.54, 1.807) is 0 Å². The molecule has 0 bridgehead atoms. The van der Waals surface area contributed by atoms with E-state index in [0.29, 0.717) is 0 Å². The van der Waals surface area contributed by atoms with Gasteiger partial charge in [0.1, 0.15) is 0 Å². The molecular formula is C13H14F6O2. The quantitative estimate of drug-likeness (QED) is 0.833. The monoisotopic (exact) mass is 316 g/mol. The first kappa shape index (κ1) is 17.8. The van der Waals surface area contributed by atoms with Crippen LogP contribution in [-0.2, 0) is 0 Å². The lowest BCUT2D eigenvalue weighted by atomic mass is 9.78. The van der Waals surface area contributed by atoms with E-state index in [1.165, 1.54) is 30.3 Å². The first-order chi connectivity index (χ1) is 9.46. The lowest BCUT2D eigenvalue weighted by Crippen LogP contribution is -2.62. The van der Waals surface area contributed by atoms with E-state index < -0.39 is 36.4 Å². The molecule has 0 aliphatic rings. The molecule has 21 heavy (non-hydrogen) atoms. The van der Waals surface area contributed by atoms with Crippen LogP contribution in [-0.4, -0.2) is 28.2 Å². The van der Waals surface area contributed by atoms with Gasteiger partial charge in [0.15, 0.2) is 0 Å². The zero-order valence-corrected chi connectivity index (χ0v) is 10.9. The fourth-order valence-electron chi connectivity index (χ4n) is 2.21. The van der Waals surface area contributed by atoms with Gasteiger partial charge in [0.05, 0.1) is 6.10 Å². The maximum absolute atomic E-state index is 12.8. The summed E-state index contributed by atoms with van der Waals surface area (Å²) < 4.78 is 77.0. The second-order valence-electron chi connectivity index (χ2n) is 4.63. The summed E-state index contributed by atoms with van der Waals surface area (Å²) in [5.74, 6) is -2.47. The van der Waals surface area contributed by atoms with Crippen molar-refractivity contribution in [2.75, 3.05) is 0 Å². The molecule has 2 atom stereocenters. The Balaban J connectivity index is 3.34. The van der Waals surface area contributed by atoms with E-state index in [1.807, 2.05) is 0 Å². The molecule has 1 rings (SSSR count). The molecule has 2 nitrogen and oxygen atoms in total. The average molecular weight is 316 g/mol. The minimum absolute atomic E-state index is 0.128. The lowest BCUT2D eigenvalue weighted by Gasteiger charge is -2.40. The van der Waals surface area contributed by atoms with Crippen molar-refractivity contribution in [3.05, 3.63) is 35.9 Å². The Bertz CT molecular complexity index is 440. The summed E-state index contributed by atoms with van der Waals surface area (Å²) in [5.41, 5.74) is -5.11. The molecule has 2 N–H and O–H groups in total. The van der Waals surface area contributed by atoms with Gasteiger partial charge in [-0.2, -0.15) is 26.3 Å². The zero-order chi connectivity index (χ0) is 16.5. The fourth-order valence-corrected chi connectivity index (χ4v) is 2.21. The SMILES string of the molecule is CCC(C(O)c1ccccc1)C(O)(C(F)(F)F)C(F)(F)F. The molecule has 120 valence electrons. The molecule has 2 unspecified atom stereocenters. The predicted molar refractivity (Wildman–Crippen MR) is 62.2 cm³/mol. The number of hydrogen-bond donors (Lipinski definition) is 2. The summed E-state index contributed by atoms with van der Waals surface area (Å²) in [5, 5.41) is 19.2. The largest absolute Gasteiger partial charge is 0.426 e. The standard InChI is InChI=1S/C13H14F6O2/c1-2-9(10(20)8-6-4-3-5-7-8)11(21,12(14,15)16)13(17,18)19/h3-7,9-10,20-21H,2H2,1H3. The number of hydrogen-bond acceptors (Lipinski definition) is 2. The molecule has 8 heteroatoms. The Morgan fingerprint density at radius 2 is 1.38 bits per heavy atom. The van der Waals surface area contributed by atoms with Gasteiger partial charge in [-0.05, 0) is 12.0 Å². The van der Waals surface area contributed by atoms with E-state index in [-0.39, 0.29) is 5.56 Å². The van der Waals surface area contributed by atoms with Gasteiger partial charge in [-0.3, -0.25) is 0 Å². The minimum Gasteiger partial charge on any atom is -0.388 e. The summed E-state index contributed by atoms with van der Waals surface area (Å²) in [6.45, 7) is 1.04. The molecule has 0 aliphatic carbocycles. The summed E-state index contributed by atoms with van der Waals surface area (Å²) >= 11 is 0. The Hall–Kier alpha value is -1.28. The number of aliphatic hydroxyl groups is 2. The van der Waals surface area contributed by atoms with Crippen molar-refractivity contribution in [2.24, 2.45) is 5.92 Å². The van der Waals surface area contributed by atoms with E-state index in [4.69, 9.17) is 0 Å². The highest BCUT2D eigenvalue weighted by molar-refractivity contribution is 5.20. The third-order valence-corrected chi connectivity index (χ3v) is 3.36. The number of halogens is 6. The highest BCUT2D eigenvalue weighted by Crippen LogP contribution is 2.51. The normalized spacial score (nSPS) is 16.6. The molecule has 1 aromatic rings. The van der Waals surface area contributed by atoms with E-state index in [2.05, 4.69) is 0 Å². The van der Waals surface area contributed by atoms with E-state index >= 15 is 0 Å². The molecule has 0 fully saturated rings. The lowest BCUT2D eigenvalue weighted by molar-refractivity contribution is -0.392. The van der Waals surface area contributed by atoms with Crippen LogP contribution in [0.2, 0.25) is 0 Å². The van der Waals surface area contributed by atoms with Gasteiger partial charge in [-0.1, -0.05) is 37.3 Å². The predicted octanol–water partition coefficient (Wildman–Crippen LogP) is 3.60. The molecule has 1 aromatic carbocycles. The topological polar surface area (TPSA) is 40.5 Å². The van der Waals surface area contributed by atoms with Crippen LogP contribution in [0.1, 0.15) is 25.0 Å². The Morgan fingerprint density at radius 1 is 0.952 bits per heavy atom. The second-order valence-corrected chi connectivity index (χ2v) is 4.63. The molecule has 0 aliphatic heterocycles. The van der Waals surface area contributed by atoms with Crippen molar-refractivity contribution >= 4 is 0 Å². The second kappa shape index (κ2) is 5.84. The number of aliphatic hydroxyl groups excluding tert-OH is 1. The van der Waals surface area contributed by atoms with Crippen LogP contribution in [0.4, 0.5) is 26.3 Å². The highest BCUT2D eigenvalue weighted by atomic mass is 19.4. The molecule has 0 radical (unpaired) electrons. The van der Waals surface area contributed by atoms with Gasteiger partial charge in [-0.25, -0.2) is 0 Å². The smallest absolute Gasteiger partial charge is 0.388 e. The maximum Gasteiger partial charge on any atom is 0.426 e. The maximum atomic E-state index is 12.8. The first-order valence-corrected chi connectivity index (χ1v) is 6.05. The van der Waals surface area contributed by atoms with Gasteiger partial charge < -0.3 is 10.2 Å². The van der Waals surface area contributed by atoms with Crippen LogP contribution in [0.25, 0.3) is 0 Å². The Labute approximate surface area is 117 Å². The molecule has 0 saturated heterocycles. The van der Waals surface area contributed by atoms with Crippen LogP contribution in [0.15, 0.2) is 30.3 Å². The van der Waals surface area contributed by atoms with Crippen LogP contribution in [0.3, 0.4) is 0 Å². The van der Waals surface area contributed by atoms with Crippen LogP contribution < -0.4 is 0 Å². The summed E-state index contributed by atoms with van der Waals surface area (Å²) in [4.78, 5) is 0. The molecule has 0 spiro atoms. The number of alkyl halides is 6. The van der Waals surface area contributed by atoms with E-state index in [9.17, 15) is 36.6 Å². The van der Waals surface area contributed by atoms with Crippen LogP contribution in [0, 0.1) is 5.92 Å². The van der Waals surface area contributed by atoms with Crippen LogP contribution in [0.5, 0.6) is 0 Å². The van der Waals surface area contributed by atoms with Crippen LogP contribution >= 0.6 is 0 Å². The van der Waals surface area contributed by atoms with Gasteiger partial charge in [-0.15, -0.1) is 0 Å². The van der Waals surface area contributed by atoms with Gasteiger partial charge in [0.25, 0.3) is 5.60 Å². The summed E-state index contributed by atoms with van der Waals surface area (Å²) in [6.07, 6.45) is -14.7. The van der Waals surface area contributed by atoms with Crippen molar-refractivity contribution in [3.63, 3.8) is 0 Å². The van der Waals surface area contributed by atoms with Crippen molar-refractivity contribution in [1.29, 1.82) is 0 Å². The van der Waals surface area contributed by atoms with Crippen molar-refractivity contribution in [3.8, 4) is 0 Å². The summed E-state index contributed by atoms with van der Waals surface area (Å²) in [6, 6.07) is 6.62. The average Bonchev–Trinajstić information content (AvgIpc) is 2.37. The third kappa shape index (κ3) is 3.16. The molecule has 0 aromatic heterocycles. The number of benzene rings is 1. The number of rotatable bonds is 4. The van der Waals surface area contributed by atoms with Crippen molar-refractivity contribution in [2.45, 2.75) is 37.4 Å². The first-order valence-electron chi connectivity index (χ1n) is 6.05. The zero-order valence-electron chi connectivity index (χ0n) is 10.9. The molecule has 0 saturated carbocycles. The Morgan fingerprint density at radius 3 is 1.71 bits per heavy atom. The van der Waals surface area contributed by atoms with Gasteiger partial charge in [0.2, 0.25) is 0 Å². The van der Waals surface area contributed by atoms with E-state index in [0.717, 1.165) is 6.92 Å². The Kier molecular flexibility index (Phi) is 4.94. The van der Waals surface area contributed by atoms with Gasteiger partial charge >= 0.3 is 12.4 Å². The highest BCUT2D eigenvalue weighted by Gasteiger charge is 2.74. The fraction of sp³-hybridized carbons (Fsp3) is 0.538. The molecular weight excluding hydrogens is 302 g/mol. The summed E-state index contributed by atoms with van der Waals surface area (Å²) in [7, 11) is 0. The van der Waals surface area contributed by atoms with Gasteiger partial charge in [0, 0.05) is 5.92 Å².